The van der Waals surface area contributed by atoms with Crippen molar-refractivity contribution in [2.75, 3.05) is 12.3 Å². The molecule has 0 unspecified atom stereocenters. The zero-order chi connectivity index (χ0) is 23.4. The van der Waals surface area contributed by atoms with E-state index >= 15 is 0 Å². The van der Waals surface area contributed by atoms with Crippen LogP contribution in [0.15, 0.2) is 69.7 Å². The third-order valence-electron chi connectivity index (χ3n) is 6.07. The number of azo groups is 1. The average molecular weight is 467 g/mol. The molecule has 9 heteroatoms. The lowest BCUT2D eigenvalue weighted by Crippen LogP contribution is -2.41. The Morgan fingerprint density at radius 2 is 1.70 bits per heavy atom. The molecule has 0 aliphatic heterocycles. The maximum absolute atomic E-state index is 13.6. The summed E-state index contributed by atoms with van der Waals surface area (Å²) < 4.78 is 30.4. The van der Waals surface area contributed by atoms with Crippen LogP contribution in [0.4, 0.5) is 17.2 Å². The van der Waals surface area contributed by atoms with E-state index in [0.29, 0.717) is 23.7 Å². The molecule has 1 aromatic heterocycles. The molecule has 33 heavy (non-hydrogen) atoms. The van der Waals surface area contributed by atoms with Crippen LogP contribution in [-0.2, 0) is 10.0 Å². The molecular formula is C24H30N6O2S. The van der Waals surface area contributed by atoms with E-state index < -0.39 is 10.0 Å². The Bertz CT molecular complexity index is 1230. The molecule has 174 valence electrons. The van der Waals surface area contributed by atoms with Gasteiger partial charge in [-0.25, -0.2) is 13.1 Å². The van der Waals surface area contributed by atoms with Gasteiger partial charge in [-0.1, -0.05) is 56.5 Å². The quantitative estimate of drug-likeness (QED) is 0.463. The lowest BCUT2D eigenvalue weighted by Gasteiger charge is -2.32. The van der Waals surface area contributed by atoms with Crippen molar-refractivity contribution in [2.45, 2.75) is 56.9 Å². The number of sulfonamides is 1. The van der Waals surface area contributed by atoms with Gasteiger partial charge < -0.3 is 5.73 Å². The maximum Gasteiger partial charge on any atom is 0.245 e. The molecule has 0 bridgehead atoms. The van der Waals surface area contributed by atoms with Gasteiger partial charge in [0, 0.05) is 12.6 Å². The molecule has 2 N–H and O–H groups in total. The van der Waals surface area contributed by atoms with Crippen molar-refractivity contribution < 1.29 is 8.42 Å². The lowest BCUT2D eigenvalue weighted by atomic mass is 9.95. The number of anilines is 1. The molecule has 1 saturated carbocycles. The Labute approximate surface area is 195 Å². The van der Waals surface area contributed by atoms with Gasteiger partial charge in [-0.2, -0.15) is 9.40 Å². The molecule has 1 fully saturated rings. The predicted molar refractivity (Wildman–Crippen MR) is 130 cm³/mol. The average Bonchev–Trinajstić information content (AvgIpc) is 3.12. The minimum absolute atomic E-state index is 0.0285. The summed E-state index contributed by atoms with van der Waals surface area (Å²) in [5, 5.41) is 13.1. The van der Waals surface area contributed by atoms with Crippen molar-refractivity contribution in [3.8, 4) is 5.69 Å². The number of para-hydroxylation sites is 1. The van der Waals surface area contributed by atoms with Gasteiger partial charge >= 0.3 is 0 Å². The van der Waals surface area contributed by atoms with Gasteiger partial charge in [0.25, 0.3) is 0 Å². The highest BCUT2D eigenvalue weighted by molar-refractivity contribution is 7.89. The summed E-state index contributed by atoms with van der Waals surface area (Å²) in [5.74, 6) is 0.347. The number of nitrogens with two attached hydrogens (primary N) is 1. The highest BCUT2D eigenvalue weighted by atomic mass is 32.2. The first kappa shape index (κ1) is 23.1. The lowest BCUT2D eigenvalue weighted by molar-refractivity contribution is 0.261. The molecule has 0 radical (unpaired) electrons. The summed E-state index contributed by atoms with van der Waals surface area (Å²) in [7, 11) is -3.72. The molecule has 0 spiro atoms. The number of hydrogen-bond donors (Lipinski definition) is 1. The summed E-state index contributed by atoms with van der Waals surface area (Å²) in [4.78, 5) is 0.160. The first-order valence-electron chi connectivity index (χ1n) is 11.4. The van der Waals surface area contributed by atoms with Crippen molar-refractivity contribution in [3.05, 3.63) is 60.3 Å². The zero-order valence-electron chi connectivity index (χ0n) is 19.1. The summed E-state index contributed by atoms with van der Waals surface area (Å²) in [6.45, 7) is 4.11. The van der Waals surface area contributed by atoms with Gasteiger partial charge in [0.15, 0.2) is 11.5 Å². The molecule has 0 atom stereocenters. The van der Waals surface area contributed by atoms with Gasteiger partial charge in [0.05, 0.1) is 11.4 Å². The fourth-order valence-corrected chi connectivity index (χ4v) is 6.23. The number of aryl methyl sites for hydroxylation is 1. The third kappa shape index (κ3) is 4.69. The van der Waals surface area contributed by atoms with Crippen LogP contribution < -0.4 is 5.73 Å². The first-order valence-corrected chi connectivity index (χ1v) is 12.8. The highest BCUT2D eigenvalue weighted by Gasteiger charge is 2.32. The molecule has 1 aliphatic carbocycles. The standard InChI is InChI=1S/C24H30N6O2S/c1-3-29(19-12-6-4-7-13-19)33(31,32)22-17-11-10-16-21(22)26-27-23-18(2)28-30(24(23)25)20-14-8-5-9-15-20/h5,8-11,14-17,19H,3-4,6-7,12-13,25H2,1-2H3/b27-26+. The normalized spacial score (nSPS) is 15.5. The smallest absolute Gasteiger partial charge is 0.245 e. The van der Waals surface area contributed by atoms with E-state index in [1.165, 1.54) is 0 Å². The Kier molecular flexibility index (Phi) is 6.90. The summed E-state index contributed by atoms with van der Waals surface area (Å²) in [6.07, 6.45) is 5.07. The van der Waals surface area contributed by atoms with Crippen LogP contribution in [-0.4, -0.2) is 35.1 Å². The fourth-order valence-electron chi connectivity index (χ4n) is 4.41. The number of benzene rings is 2. The van der Waals surface area contributed by atoms with Crippen LogP contribution in [0.3, 0.4) is 0 Å². The number of nitrogen functional groups attached to an aromatic ring is 1. The summed E-state index contributed by atoms with van der Waals surface area (Å²) in [6, 6.07) is 16.3. The molecule has 1 aliphatic rings. The third-order valence-corrected chi connectivity index (χ3v) is 8.14. The number of hydrogen-bond acceptors (Lipinski definition) is 6. The summed E-state index contributed by atoms with van der Waals surface area (Å²) >= 11 is 0. The summed E-state index contributed by atoms with van der Waals surface area (Å²) in [5.41, 5.74) is 8.45. The van der Waals surface area contributed by atoms with Crippen molar-refractivity contribution >= 4 is 27.2 Å². The van der Waals surface area contributed by atoms with Crippen LogP contribution >= 0.6 is 0 Å². The zero-order valence-corrected chi connectivity index (χ0v) is 19.9. The molecule has 4 rings (SSSR count). The van der Waals surface area contributed by atoms with E-state index in [4.69, 9.17) is 5.73 Å². The largest absolute Gasteiger partial charge is 0.382 e. The Hall–Kier alpha value is -3.04. The van der Waals surface area contributed by atoms with E-state index in [1.807, 2.05) is 37.3 Å². The number of rotatable bonds is 7. The van der Waals surface area contributed by atoms with Crippen LogP contribution in [0, 0.1) is 6.92 Å². The van der Waals surface area contributed by atoms with Gasteiger partial charge in [0.1, 0.15) is 10.6 Å². The van der Waals surface area contributed by atoms with E-state index in [9.17, 15) is 8.42 Å². The molecule has 2 aromatic carbocycles. The molecular weight excluding hydrogens is 436 g/mol. The molecule has 0 saturated heterocycles. The monoisotopic (exact) mass is 466 g/mol. The van der Waals surface area contributed by atoms with Crippen molar-refractivity contribution in [1.29, 1.82) is 0 Å². The van der Waals surface area contributed by atoms with E-state index in [0.717, 1.165) is 37.8 Å². The molecule has 3 aromatic rings. The predicted octanol–water partition coefficient (Wildman–Crippen LogP) is 5.52. The van der Waals surface area contributed by atoms with Crippen LogP contribution in [0.2, 0.25) is 0 Å². The van der Waals surface area contributed by atoms with Crippen LogP contribution in [0.1, 0.15) is 44.7 Å². The van der Waals surface area contributed by atoms with Crippen LogP contribution in [0.5, 0.6) is 0 Å². The molecule has 0 amide bonds. The van der Waals surface area contributed by atoms with Crippen molar-refractivity contribution in [1.82, 2.24) is 14.1 Å². The minimum Gasteiger partial charge on any atom is -0.382 e. The SMILES string of the molecule is CCN(C1CCCCC1)S(=O)(=O)c1ccccc1/N=N/c1c(C)nn(-c2ccccc2)c1N. The highest BCUT2D eigenvalue weighted by Crippen LogP contribution is 2.34. The Morgan fingerprint density at radius 3 is 2.39 bits per heavy atom. The molecule has 8 nitrogen and oxygen atoms in total. The number of nitrogens with zero attached hydrogens (tertiary/aromatic N) is 5. The first-order chi connectivity index (χ1) is 15.9. The Morgan fingerprint density at radius 1 is 1.03 bits per heavy atom. The minimum atomic E-state index is -3.72. The van der Waals surface area contributed by atoms with E-state index in [1.54, 1.807) is 40.2 Å². The molecule has 1 heterocycles. The topological polar surface area (TPSA) is 106 Å². The maximum atomic E-state index is 13.6. The Balaban J connectivity index is 1.68. The van der Waals surface area contributed by atoms with Crippen molar-refractivity contribution in [2.24, 2.45) is 10.2 Å². The second-order valence-corrected chi connectivity index (χ2v) is 10.1. The fraction of sp³-hybridized carbons (Fsp3) is 0.375. The van der Waals surface area contributed by atoms with Gasteiger partial charge in [-0.05, 0) is 44.0 Å². The van der Waals surface area contributed by atoms with Gasteiger partial charge in [0.2, 0.25) is 10.0 Å². The van der Waals surface area contributed by atoms with Crippen LogP contribution in [0.25, 0.3) is 5.69 Å². The van der Waals surface area contributed by atoms with Gasteiger partial charge in [-0.3, -0.25) is 0 Å². The van der Waals surface area contributed by atoms with Gasteiger partial charge in [-0.15, -0.1) is 10.2 Å². The van der Waals surface area contributed by atoms with Crippen molar-refractivity contribution in [3.63, 3.8) is 0 Å². The second kappa shape index (κ2) is 9.84. The van der Waals surface area contributed by atoms with E-state index in [2.05, 4.69) is 15.3 Å². The van der Waals surface area contributed by atoms with E-state index in [-0.39, 0.29) is 16.6 Å². The number of aromatic nitrogens is 2. The second-order valence-electron chi connectivity index (χ2n) is 8.23.